The van der Waals surface area contributed by atoms with E-state index in [-0.39, 0.29) is 6.04 Å². The normalized spacial score (nSPS) is 22.8. The molecule has 1 saturated carbocycles. The van der Waals surface area contributed by atoms with Crippen LogP contribution in [-0.2, 0) is 0 Å². The van der Waals surface area contributed by atoms with Crippen LogP contribution in [0.5, 0.6) is 5.88 Å². The summed E-state index contributed by atoms with van der Waals surface area (Å²) >= 11 is 0. The summed E-state index contributed by atoms with van der Waals surface area (Å²) in [7, 11) is 1.60. The van der Waals surface area contributed by atoms with Crippen molar-refractivity contribution in [1.82, 2.24) is 9.97 Å². The van der Waals surface area contributed by atoms with Crippen LogP contribution in [0.3, 0.4) is 0 Å². The van der Waals surface area contributed by atoms with Gasteiger partial charge in [-0.3, -0.25) is 4.98 Å². The fraction of sp³-hybridized carbons (Fsp3) is 0.333. The standard InChI is InChI=1S/C15H17N3O/c1-19-15-14(17-7-8-18-15)13(16)12-9-11(12)10-5-3-2-4-6-10/h2-8,11-13H,9,16H2,1H3. The molecule has 19 heavy (non-hydrogen) atoms. The first-order valence-corrected chi connectivity index (χ1v) is 6.46. The summed E-state index contributed by atoms with van der Waals surface area (Å²) in [5, 5.41) is 0. The second-order valence-electron chi connectivity index (χ2n) is 4.89. The Morgan fingerprint density at radius 2 is 1.95 bits per heavy atom. The maximum absolute atomic E-state index is 6.32. The predicted molar refractivity (Wildman–Crippen MR) is 72.8 cm³/mol. The highest BCUT2D eigenvalue weighted by Gasteiger charge is 2.44. The van der Waals surface area contributed by atoms with Gasteiger partial charge in [0.05, 0.1) is 13.2 Å². The van der Waals surface area contributed by atoms with Crippen LogP contribution in [0.1, 0.15) is 29.6 Å². The molecule has 0 spiro atoms. The number of hydrogen-bond acceptors (Lipinski definition) is 4. The van der Waals surface area contributed by atoms with Gasteiger partial charge in [0, 0.05) is 12.4 Å². The van der Waals surface area contributed by atoms with Gasteiger partial charge in [-0.2, -0.15) is 0 Å². The van der Waals surface area contributed by atoms with Gasteiger partial charge in [0.15, 0.2) is 0 Å². The van der Waals surface area contributed by atoms with Crippen molar-refractivity contribution >= 4 is 0 Å². The minimum Gasteiger partial charge on any atom is -0.480 e. The first kappa shape index (κ1) is 12.1. The molecule has 2 N–H and O–H groups in total. The van der Waals surface area contributed by atoms with Crippen LogP contribution in [0.4, 0.5) is 0 Å². The zero-order valence-electron chi connectivity index (χ0n) is 10.9. The number of benzene rings is 1. The molecule has 98 valence electrons. The zero-order valence-corrected chi connectivity index (χ0v) is 10.9. The van der Waals surface area contributed by atoms with Crippen molar-refractivity contribution in [3.8, 4) is 5.88 Å². The predicted octanol–water partition coefficient (Wildman–Crippen LogP) is 2.29. The van der Waals surface area contributed by atoms with Crippen LogP contribution in [-0.4, -0.2) is 17.1 Å². The molecule has 4 nitrogen and oxygen atoms in total. The Labute approximate surface area is 112 Å². The average Bonchev–Trinajstić information content (AvgIpc) is 3.28. The van der Waals surface area contributed by atoms with Crippen LogP contribution in [0.25, 0.3) is 0 Å². The first-order chi connectivity index (χ1) is 9.31. The number of hydrogen-bond donors (Lipinski definition) is 1. The lowest BCUT2D eigenvalue weighted by molar-refractivity contribution is 0.381. The van der Waals surface area contributed by atoms with Gasteiger partial charge in [-0.15, -0.1) is 0 Å². The highest BCUT2D eigenvalue weighted by atomic mass is 16.5. The van der Waals surface area contributed by atoms with E-state index in [1.807, 2.05) is 6.07 Å². The Balaban J connectivity index is 1.78. The Morgan fingerprint density at radius 1 is 1.21 bits per heavy atom. The number of nitrogens with zero attached hydrogens (tertiary/aromatic N) is 2. The van der Waals surface area contributed by atoms with Gasteiger partial charge in [0.25, 0.3) is 0 Å². The highest BCUT2D eigenvalue weighted by molar-refractivity contribution is 5.30. The molecule has 3 atom stereocenters. The van der Waals surface area contributed by atoms with E-state index < -0.39 is 0 Å². The van der Waals surface area contributed by atoms with Gasteiger partial charge in [0.1, 0.15) is 5.69 Å². The molecule has 4 heteroatoms. The van der Waals surface area contributed by atoms with Gasteiger partial charge in [-0.1, -0.05) is 30.3 Å². The molecular weight excluding hydrogens is 238 g/mol. The molecule has 1 aliphatic rings. The third-order valence-corrected chi connectivity index (χ3v) is 3.73. The fourth-order valence-electron chi connectivity index (χ4n) is 2.62. The van der Waals surface area contributed by atoms with Crippen LogP contribution < -0.4 is 10.5 Å². The van der Waals surface area contributed by atoms with E-state index in [1.165, 1.54) is 5.56 Å². The topological polar surface area (TPSA) is 61.0 Å². The van der Waals surface area contributed by atoms with E-state index in [2.05, 4.69) is 34.2 Å². The van der Waals surface area contributed by atoms with Crippen molar-refractivity contribution in [1.29, 1.82) is 0 Å². The average molecular weight is 255 g/mol. The van der Waals surface area contributed by atoms with E-state index in [0.717, 1.165) is 12.1 Å². The maximum Gasteiger partial charge on any atom is 0.236 e. The number of ether oxygens (including phenoxy) is 1. The first-order valence-electron chi connectivity index (χ1n) is 6.46. The summed E-state index contributed by atoms with van der Waals surface area (Å²) in [6, 6.07) is 10.4. The minimum absolute atomic E-state index is 0.117. The molecule has 1 aromatic carbocycles. The van der Waals surface area contributed by atoms with Crippen LogP contribution in [0, 0.1) is 5.92 Å². The maximum atomic E-state index is 6.32. The Hall–Kier alpha value is -1.94. The third kappa shape index (κ3) is 2.31. The second-order valence-corrected chi connectivity index (χ2v) is 4.89. The third-order valence-electron chi connectivity index (χ3n) is 3.73. The Kier molecular flexibility index (Phi) is 3.17. The number of methoxy groups -OCH3 is 1. The zero-order chi connectivity index (χ0) is 13.2. The van der Waals surface area contributed by atoms with Gasteiger partial charge < -0.3 is 10.5 Å². The SMILES string of the molecule is COc1nccnc1C(N)C1CC1c1ccccc1. The summed E-state index contributed by atoms with van der Waals surface area (Å²) in [4.78, 5) is 8.49. The van der Waals surface area contributed by atoms with E-state index >= 15 is 0 Å². The van der Waals surface area contributed by atoms with Crippen molar-refractivity contribution in [2.45, 2.75) is 18.4 Å². The van der Waals surface area contributed by atoms with Crippen LogP contribution in [0.15, 0.2) is 42.7 Å². The summed E-state index contributed by atoms with van der Waals surface area (Å²) in [6.45, 7) is 0. The number of rotatable bonds is 4. The van der Waals surface area contributed by atoms with Crippen LogP contribution in [0.2, 0.25) is 0 Å². The summed E-state index contributed by atoms with van der Waals surface area (Å²) in [5.74, 6) is 1.49. The summed E-state index contributed by atoms with van der Waals surface area (Å²) < 4.78 is 5.23. The highest BCUT2D eigenvalue weighted by Crippen LogP contribution is 2.53. The molecule has 3 rings (SSSR count). The van der Waals surface area contributed by atoms with Crippen molar-refractivity contribution in [3.63, 3.8) is 0 Å². The van der Waals surface area contributed by atoms with Gasteiger partial charge in [0.2, 0.25) is 5.88 Å². The fourth-order valence-corrected chi connectivity index (χ4v) is 2.62. The van der Waals surface area contributed by atoms with E-state index in [4.69, 9.17) is 10.5 Å². The van der Waals surface area contributed by atoms with Crippen molar-refractivity contribution in [3.05, 3.63) is 54.0 Å². The molecule has 1 fully saturated rings. The van der Waals surface area contributed by atoms with Crippen molar-refractivity contribution < 1.29 is 4.74 Å². The monoisotopic (exact) mass is 255 g/mol. The quantitative estimate of drug-likeness (QED) is 0.910. The van der Waals surface area contributed by atoms with Crippen molar-refractivity contribution in [2.24, 2.45) is 11.7 Å². The Morgan fingerprint density at radius 3 is 2.68 bits per heavy atom. The lowest BCUT2D eigenvalue weighted by Crippen LogP contribution is -2.16. The van der Waals surface area contributed by atoms with Crippen LogP contribution >= 0.6 is 0 Å². The van der Waals surface area contributed by atoms with E-state index in [0.29, 0.717) is 17.7 Å². The van der Waals surface area contributed by atoms with E-state index in [9.17, 15) is 0 Å². The van der Waals surface area contributed by atoms with Gasteiger partial charge >= 0.3 is 0 Å². The minimum atomic E-state index is -0.117. The molecule has 2 aromatic rings. The molecule has 1 aromatic heterocycles. The lowest BCUT2D eigenvalue weighted by Gasteiger charge is -2.13. The largest absolute Gasteiger partial charge is 0.480 e. The molecule has 0 bridgehead atoms. The number of aromatic nitrogens is 2. The second kappa shape index (κ2) is 4.97. The number of nitrogens with two attached hydrogens (primary N) is 1. The van der Waals surface area contributed by atoms with E-state index in [1.54, 1.807) is 19.5 Å². The summed E-state index contributed by atoms with van der Waals surface area (Å²) in [5.41, 5.74) is 8.43. The molecule has 0 aliphatic heterocycles. The lowest BCUT2D eigenvalue weighted by atomic mass is 10.0. The molecule has 1 heterocycles. The molecule has 0 saturated heterocycles. The molecular formula is C15H17N3O. The molecule has 0 amide bonds. The Bertz CT molecular complexity index is 558. The molecule has 1 aliphatic carbocycles. The van der Waals surface area contributed by atoms with Gasteiger partial charge in [-0.05, 0) is 23.8 Å². The van der Waals surface area contributed by atoms with Gasteiger partial charge in [-0.25, -0.2) is 4.98 Å². The molecule has 0 radical (unpaired) electrons. The molecule has 3 unspecified atom stereocenters. The summed E-state index contributed by atoms with van der Waals surface area (Å²) in [6.07, 6.45) is 4.39. The van der Waals surface area contributed by atoms with Crippen molar-refractivity contribution in [2.75, 3.05) is 7.11 Å². The smallest absolute Gasteiger partial charge is 0.236 e.